The summed E-state index contributed by atoms with van der Waals surface area (Å²) >= 11 is 0. The quantitative estimate of drug-likeness (QED) is 0.284. The third kappa shape index (κ3) is 4.35. The van der Waals surface area contributed by atoms with E-state index in [4.69, 9.17) is 0 Å². The van der Waals surface area contributed by atoms with Crippen molar-refractivity contribution in [2.24, 2.45) is 0 Å². The monoisotopic (exact) mass is 433 g/mol. The number of para-hydroxylation sites is 1. The van der Waals surface area contributed by atoms with E-state index in [1.54, 1.807) is 0 Å². The van der Waals surface area contributed by atoms with Gasteiger partial charge in [0.2, 0.25) is 0 Å². The van der Waals surface area contributed by atoms with Crippen LogP contribution in [0, 0.1) is 11.8 Å². The van der Waals surface area contributed by atoms with Crippen LogP contribution in [0.3, 0.4) is 0 Å². The van der Waals surface area contributed by atoms with E-state index in [1.807, 2.05) is 0 Å². The van der Waals surface area contributed by atoms with Gasteiger partial charge in [0, 0.05) is 16.5 Å². The van der Waals surface area contributed by atoms with Crippen LogP contribution in [0.5, 0.6) is 0 Å². The number of nitrogens with zero attached hydrogens (tertiary/aromatic N) is 1. The number of alkyl halides is 9. The zero-order valence-corrected chi connectivity index (χ0v) is 14.5. The van der Waals surface area contributed by atoms with E-state index in [0.717, 1.165) is 30.3 Å². The van der Waals surface area contributed by atoms with Gasteiger partial charge in [-0.05, 0) is 24.3 Å². The Morgan fingerprint density at radius 3 is 1.77 bits per heavy atom. The standard InChI is InChI=1S/C20H8F9N/c21-18(22,23)14-6-2-1-4-11(14)8-9-12-10-16(20(27,28)29)30-17-13(12)5-3-7-15(17)19(24,25)26/h1-7,10H. The topological polar surface area (TPSA) is 12.9 Å². The van der Waals surface area contributed by atoms with Crippen LogP contribution in [-0.2, 0) is 18.5 Å². The predicted octanol–water partition coefficient (Wildman–Crippen LogP) is 6.69. The first-order chi connectivity index (χ1) is 13.8. The Hall–Kier alpha value is -3.22. The normalized spacial score (nSPS) is 12.6. The van der Waals surface area contributed by atoms with Crippen LogP contribution in [-0.4, -0.2) is 4.98 Å². The average Bonchev–Trinajstić information content (AvgIpc) is 2.63. The molecule has 0 saturated heterocycles. The molecule has 3 rings (SSSR count). The van der Waals surface area contributed by atoms with E-state index in [9.17, 15) is 39.5 Å². The van der Waals surface area contributed by atoms with Crippen LogP contribution in [0.1, 0.15) is 27.9 Å². The van der Waals surface area contributed by atoms with Gasteiger partial charge < -0.3 is 0 Å². The van der Waals surface area contributed by atoms with Crippen LogP contribution >= 0.6 is 0 Å². The maximum atomic E-state index is 13.2. The number of hydrogen-bond acceptors (Lipinski definition) is 1. The van der Waals surface area contributed by atoms with Gasteiger partial charge in [-0.2, -0.15) is 39.5 Å². The number of pyridine rings is 1. The molecular formula is C20H8F9N. The number of rotatable bonds is 0. The van der Waals surface area contributed by atoms with E-state index in [1.165, 1.54) is 6.07 Å². The summed E-state index contributed by atoms with van der Waals surface area (Å²) in [5.41, 5.74) is -6.23. The zero-order valence-electron chi connectivity index (χ0n) is 14.5. The van der Waals surface area contributed by atoms with Gasteiger partial charge in [-0.1, -0.05) is 36.1 Å². The summed E-state index contributed by atoms with van der Waals surface area (Å²) in [4.78, 5) is 3.09. The Morgan fingerprint density at radius 2 is 1.17 bits per heavy atom. The smallest absolute Gasteiger partial charge is 0.243 e. The van der Waals surface area contributed by atoms with Gasteiger partial charge >= 0.3 is 18.5 Å². The Kier molecular flexibility index (Phi) is 5.18. The summed E-state index contributed by atoms with van der Waals surface area (Å²) in [6.45, 7) is 0. The Bertz CT molecular complexity index is 1160. The molecule has 0 unspecified atom stereocenters. The van der Waals surface area contributed by atoms with Gasteiger partial charge in [0.25, 0.3) is 0 Å². The largest absolute Gasteiger partial charge is 0.433 e. The summed E-state index contributed by atoms with van der Waals surface area (Å²) in [5.74, 6) is 4.27. The van der Waals surface area contributed by atoms with Crippen LogP contribution in [0.15, 0.2) is 48.5 Å². The molecule has 0 atom stereocenters. The van der Waals surface area contributed by atoms with Gasteiger partial charge in [-0.15, -0.1) is 0 Å². The minimum Gasteiger partial charge on any atom is -0.243 e. The van der Waals surface area contributed by atoms with Gasteiger partial charge in [0.1, 0.15) is 5.69 Å². The lowest BCUT2D eigenvalue weighted by Gasteiger charge is -2.13. The number of benzene rings is 2. The molecule has 0 aliphatic heterocycles. The van der Waals surface area contributed by atoms with Gasteiger partial charge in [-0.25, -0.2) is 4.98 Å². The fourth-order valence-corrected chi connectivity index (χ4v) is 2.70. The molecule has 0 amide bonds. The molecule has 0 bridgehead atoms. The van der Waals surface area contributed by atoms with Crippen LogP contribution in [0.2, 0.25) is 0 Å². The van der Waals surface area contributed by atoms with Crippen LogP contribution < -0.4 is 0 Å². The lowest BCUT2D eigenvalue weighted by Crippen LogP contribution is -2.12. The Labute approximate surface area is 163 Å². The lowest BCUT2D eigenvalue weighted by atomic mass is 10.0. The molecule has 0 N–H and O–H groups in total. The minimum atomic E-state index is -5.09. The van der Waals surface area contributed by atoms with E-state index in [0.29, 0.717) is 12.1 Å². The average molecular weight is 433 g/mol. The van der Waals surface area contributed by atoms with Crippen molar-refractivity contribution >= 4 is 10.9 Å². The molecular weight excluding hydrogens is 425 g/mol. The highest BCUT2D eigenvalue weighted by Gasteiger charge is 2.37. The number of fused-ring (bicyclic) bond motifs is 1. The molecule has 0 saturated carbocycles. The highest BCUT2D eigenvalue weighted by Crippen LogP contribution is 2.37. The number of hydrogen-bond donors (Lipinski definition) is 0. The Balaban J connectivity index is 2.30. The molecule has 10 heteroatoms. The van der Waals surface area contributed by atoms with Crippen LogP contribution in [0.4, 0.5) is 39.5 Å². The molecule has 0 aliphatic rings. The molecule has 0 spiro atoms. The van der Waals surface area contributed by atoms with E-state index in [-0.39, 0.29) is 5.39 Å². The van der Waals surface area contributed by atoms with E-state index < -0.39 is 52.0 Å². The highest BCUT2D eigenvalue weighted by atomic mass is 19.4. The van der Waals surface area contributed by atoms with Gasteiger partial charge in [0.05, 0.1) is 16.6 Å². The van der Waals surface area contributed by atoms with Crippen molar-refractivity contribution in [3.05, 3.63) is 76.5 Å². The van der Waals surface area contributed by atoms with E-state index >= 15 is 0 Å². The minimum absolute atomic E-state index is 0.366. The molecule has 0 aliphatic carbocycles. The first kappa shape index (κ1) is 21.5. The number of halogens is 9. The second-order valence-corrected chi connectivity index (χ2v) is 6.05. The molecule has 2 aromatic carbocycles. The third-order valence-corrected chi connectivity index (χ3v) is 4.00. The van der Waals surface area contributed by atoms with Crippen molar-refractivity contribution in [2.45, 2.75) is 18.5 Å². The lowest BCUT2D eigenvalue weighted by molar-refractivity contribution is -0.142. The Morgan fingerprint density at radius 1 is 0.600 bits per heavy atom. The summed E-state index contributed by atoms with van der Waals surface area (Å²) in [6.07, 6.45) is -14.9. The summed E-state index contributed by atoms with van der Waals surface area (Å²) in [6, 6.07) is 7.08. The molecule has 1 nitrogen and oxygen atoms in total. The van der Waals surface area contributed by atoms with Gasteiger partial charge in [0.15, 0.2) is 0 Å². The molecule has 1 aromatic heterocycles. The van der Waals surface area contributed by atoms with E-state index in [2.05, 4.69) is 16.8 Å². The summed E-state index contributed by atoms with van der Waals surface area (Å²) < 4.78 is 118. The maximum Gasteiger partial charge on any atom is 0.433 e. The maximum absolute atomic E-state index is 13.2. The van der Waals surface area contributed by atoms with Crippen molar-refractivity contribution < 1.29 is 39.5 Å². The fourth-order valence-electron chi connectivity index (χ4n) is 2.70. The van der Waals surface area contributed by atoms with Crippen molar-refractivity contribution in [2.75, 3.05) is 0 Å². The first-order valence-corrected chi connectivity index (χ1v) is 8.05. The second kappa shape index (κ2) is 7.23. The number of aromatic nitrogens is 1. The van der Waals surface area contributed by atoms with Crippen LogP contribution in [0.25, 0.3) is 10.9 Å². The van der Waals surface area contributed by atoms with Crippen molar-refractivity contribution in [1.29, 1.82) is 0 Å². The molecule has 0 fully saturated rings. The molecule has 30 heavy (non-hydrogen) atoms. The third-order valence-electron chi connectivity index (χ3n) is 4.00. The fraction of sp³-hybridized carbons (Fsp3) is 0.150. The SMILES string of the molecule is FC(F)(F)c1cc(C#Cc2ccccc2C(F)(F)F)c2cccc(C(F)(F)F)c2n1. The molecule has 1 heterocycles. The molecule has 156 valence electrons. The zero-order chi connectivity index (χ0) is 22.3. The van der Waals surface area contributed by atoms with Crippen molar-refractivity contribution in [3.8, 4) is 11.8 Å². The summed E-state index contributed by atoms with van der Waals surface area (Å²) in [5, 5.41) is -0.366. The van der Waals surface area contributed by atoms with Crippen molar-refractivity contribution in [1.82, 2.24) is 4.98 Å². The highest BCUT2D eigenvalue weighted by molar-refractivity contribution is 5.88. The summed E-state index contributed by atoms with van der Waals surface area (Å²) in [7, 11) is 0. The predicted molar refractivity (Wildman–Crippen MR) is 89.2 cm³/mol. The first-order valence-electron chi connectivity index (χ1n) is 8.05. The van der Waals surface area contributed by atoms with Crippen molar-refractivity contribution in [3.63, 3.8) is 0 Å². The second-order valence-electron chi connectivity index (χ2n) is 6.05. The van der Waals surface area contributed by atoms with Gasteiger partial charge in [-0.3, -0.25) is 0 Å². The molecule has 0 radical (unpaired) electrons. The molecule has 3 aromatic rings.